The molecule has 29 heavy (non-hydrogen) atoms. The molecule has 6 heteroatoms. The summed E-state index contributed by atoms with van der Waals surface area (Å²) < 4.78 is 2.33. The van der Waals surface area contributed by atoms with Crippen LogP contribution in [0.5, 0.6) is 0 Å². The van der Waals surface area contributed by atoms with Crippen LogP contribution in [0.3, 0.4) is 0 Å². The molecular formula is C23H26N2O2SSe. The van der Waals surface area contributed by atoms with Gasteiger partial charge in [0.1, 0.15) is 0 Å². The van der Waals surface area contributed by atoms with E-state index in [1.165, 1.54) is 14.3 Å². The van der Waals surface area contributed by atoms with Crippen molar-refractivity contribution in [3.05, 3.63) is 58.1 Å². The van der Waals surface area contributed by atoms with Crippen molar-refractivity contribution in [2.24, 2.45) is 5.41 Å². The van der Waals surface area contributed by atoms with Crippen LogP contribution in [-0.4, -0.2) is 54.8 Å². The van der Waals surface area contributed by atoms with Crippen molar-refractivity contribution in [2.45, 2.75) is 34.6 Å². The van der Waals surface area contributed by atoms with E-state index >= 15 is 0 Å². The fourth-order valence-corrected chi connectivity index (χ4v) is 5.77. The Morgan fingerprint density at radius 2 is 1.62 bits per heavy atom. The summed E-state index contributed by atoms with van der Waals surface area (Å²) in [6.45, 7) is 11.1. The van der Waals surface area contributed by atoms with Crippen LogP contribution >= 0.6 is 12.2 Å². The SMILES string of the molecule is CCN1C(=O)C(=C2C=C(/C=C/C(C)(C)C)[Se]c3ccccc32)C(=O)N(CC)C1=S. The van der Waals surface area contributed by atoms with Gasteiger partial charge in [-0.25, -0.2) is 0 Å². The summed E-state index contributed by atoms with van der Waals surface area (Å²) in [7, 11) is 0. The molecule has 1 aromatic carbocycles. The first kappa shape index (κ1) is 21.7. The van der Waals surface area contributed by atoms with E-state index in [4.69, 9.17) is 12.2 Å². The molecule has 2 aliphatic heterocycles. The number of rotatable bonds is 3. The van der Waals surface area contributed by atoms with E-state index in [0.717, 1.165) is 10.0 Å². The van der Waals surface area contributed by atoms with E-state index in [9.17, 15) is 9.59 Å². The molecule has 0 aromatic heterocycles. The number of nitrogens with zero attached hydrogens (tertiary/aromatic N) is 2. The summed E-state index contributed by atoms with van der Waals surface area (Å²) in [5.41, 5.74) is 1.95. The number of carbonyl (C=O) groups excluding carboxylic acids is 2. The molecule has 4 nitrogen and oxygen atoms in total. The Kier molecular flexibility index (Phi) is 6.27. The number of hydrogen-bond acceptors (Lipinski definition) is 3. The average Bonchev–Trinajstić information content (AvgIpc) is 2.66. The second-order valence-corrected chi connectivity index (χ2v) is 10.7. The van der Waals surface area contributed by atoms with E-state index in [-0.39, 0.29) is 37.8 Å². The van der Waals surface area contributed by atoms with Gasteiger partial charge in [-0.1, -0.05) is 0 Å². The first-order chi connectivity index (χ1) is 13.7. The van der Waals surface area contributed by atoms with Gasteiger partial charge >= 0.3 is 185 Å². The van der Waals surface area contributed by atoms with Gasteiger partial charge in [0.25, 0.3) is 0 Å². The number of carbonyl (C=O) groups is 2. The van der Waals surface area contributed by atoms with Crippen molar-refractivity contribution >= 4 is 54.1 Å². The van der Waals surface area contributed by atoms with Gasteiger partial charge in [-0.15, -0.1) is 0 Å². The first-order valence-electron chi connectivity index (χ1n) is 9.78. The van der Waals surface area contributed by atoms with Crippen LogP contribution in [0.15, 0.2) is 52.5 Å². The van der Waals surface area contributed by atoms with Gasteiger partial charge in [-0.2, -0.15) is 0 Å². The number of likely N-dealkylation sites (N-methyl/N-ethyl adjacent to an activating group) is 2. The van der Waals surface area contributed by atoms with Crippen molar-refractivity contribution in [3.63, 3.8) is 0 Å². The van der Waals surface area contributed by atoms with E-state index in [2.05, 4.69) is 39.0 Å². The fraction of sp³-hybridized carbons (Fsp3) is 0.348. The number of fused-ring (bicyclic) bond motifs is 1. The predicted molar refractivity (Wildman–Crippen MR) is 123 cm³/mol. The first-order valence-corrected chi connectivity index (χ1v) is 11.9. The summed E-state index contributed by atoms with van der Waals surface area (Å²) in [5, 5.41) is 0.291. The molecule has 1 aromatic rings. The van der Waals surface area contributed by atoms with Gasteiger partial charge in [-0.05, 0) is 0 Å². The summed E-state index contributed by atoms with van der Waals surface area (Å²) >= 11 is 5.52. The summed E-state index contributed by atoms with van der Waals surface area (Å²) in [5.74, 6) is -0.608. The van der Waals surface area contributed by atoms with Crippen LogP contribution in [0, 0.1) is 5.41 Å². The third-order valence-corrected chi connectivity index (χ3v) is 7.40. The zero-order chi connectivity index (χ0) is 21.3. The van der Waals surface area contributed by atoms with Crippen LogP contribution in [0.25, 0.3) is 5.57 Å². The number of benzene rings is 1. The molecule has 2 heterocycles. The molecular weight excluding hydrogens is 447 g/mol. The van der Waals surface area contributed by atoms with Gasteiger partial charge < -0.3 is 0 Å². The van der Waals surface area contributed by atoms with Gasteiger partial charge in [0, 0.05) is 0 Å². The third-order valence-electron chi connectivity index (χ3n) is 4.72. The maximum absolute atomic E-state index is 13.3. The van der Waals surface area contributed by atoms with E-state index in [1.54, 1.807) is 0 Å². The second-order valence-electron chi connectivity index (χ2n) is 8.01. The molecule has 2 amide bonds. The van der Waals surface area contributed by atoms with Crippen molar-refractivity contribution in [1.82, 2.24) is 9.80 Å². The number of allylic oxidation sites excluding steroid dienone is 5. The molecule has 3 rings (SSSR count). The molecule has 1 fully saturated rings. The summed E-state index contributed by atoms with van der Waals surface area (Å²) in [6, 6.07) is 8.05. The molecule has 1 saturated heterocycles. The Bertz CT molecular complexity index is 941. The van der Waals surface area contributed by atoms with Gasteiger partial charge in [0.05, 0.1) is 0 Å². The maximum atomic E-state index is 13.3. The van der Waals surface area contributed by atoms with E-state index in [1.807, 2.05) is 38.1 Å². The minimum absolute atomic E-state index is 0.0574. The van der Waals surface area contributed by atoms with Crippen LogP contribution in [0.4, 0.5) is 0 Å². The molecule has 0 radical (unpaired) electrons. The Balaban J connectivity index is 2.23. The van der Waals surface area contributed by atoms with Crippen molar-refractivity contribution in [2.75, 3.05) is 13.1 Å². The van der Waals surface area contributed by atoms with Gasteiger partial charge in [-0.3, -0.25) is 0 Å². The van der Waals surface area contributed by atoms with Gasteiger partial charge in [0.15, 0.2) is 0 Å². The molecule has 0 bridgehead atoms. The molecule has 152 valence electrons. The molecule has 0 aliphatic carbocycles. The molecule has 0 saturated carbocycles. The molecule has 2 aliphatic rings. The molecule has 0 spiro atoms. The summed E-state index contributed by atoms with van der Waals surface area (Å²) in [6.07, 6.45) is 6.33. The third kappa shape index (κ3) is 4.30. The molecule has 0 N–H and O–H groups in total. The Morgan fingerprint density at radius 3 is 2.17 bits per heavy atom. The topological polar surface area (TPSA) is 40.6 Å². The zero-order valence-corrected chi connectivity index (χ0v) is 20.0. The quantitative estimate of drug-likeness (QED) is 0.293. The van der Waals surface area contributed by atoms with Crippen molar-refractivity contribution in [3.8, 4) is 0 Å². The van der Waals surface area contributed by atoms with Crippen molar-refractivity contribution in [1.29, 1.82) is 0 Å². The fourth-order valence-electron chi connectivity index (χ4n) is 3.24. The Labute approximate surface area is 184 Å². The number of amides is 2. The Hall–Kier alpha value is -2.01. The normalized spacial score (nSPS) is 18.0. The number of hydrogen-bond donors (Lipinski definition) is 0. The van der Waals surface area contributed by atoms with Gasteiger partial charge in [0.2, 0.25) is 0 Å². The van der Waals surface area contributed by atoms with Crippen molar-refractivity contribution < 1.29 is 9.59 Å². The molecule has 0 atom stereocenters. The van der Waals surface area contributed by atoms with Crippen LogP contribution < -0.4 is 4.46 Å². The van der Waals surface area contributed by atoms with E-state index in [0.29, 0.717) is 23.8 Å². The monoisotopic (exact) mass is 474 g/mol. The van der Waals surface area contributed by atoms with Crippen LogP contribution in [0.2, 0.25) is 0 Å². The second kappa shape index (κ2) is 8.39. The summed E-state index contributed by atoms with van der Waals surface area (Å²) in [4.78, 5) is 29.6. The molecule has 0 unspecified atom stereocenters. The standard InChI is InChI=1S/C23H26N2O2SSe/c1-6-24-20(26)19(21(27)25(7-2)22(24)28)17-14-15(12-13-23(3,4)5)29-18-11-9-8-10-16(17)18/h8-14H,6-7H2,1-5H3/b13-12+. The van der Waals surface area contributed by atoms with Crippen LogP contribution in [0.1, 0.15) is 40.2 Å². The zero-order valence-electron chi connectivity index (χ0n) is 17.5. The average molecular weight is 474 g/mol. The minimum atomic E-state index is -0.304. The van der Waals surface area contributed by atoms with Crippen LogP contribution in [-0.2, 0) is 9.59 Å². The Morgan fingerprint density at radius 1 is 1.03 bits per heavy atom. The predicted octanol–water partition coefficient (Wildman–Crippen LogP) is 3.27. The van der Waals surface area contributed by atoms with E-state index < -0.39 is 0 Å². The number of thiocarbonyl (C=S) groups is 1.